The van der Waals surface area contributed by atoms with E-state index in [4.69, 9.17) is 0 Å². The summed E-state index contributed by atoms with van der Waals surface area (Å²) in [6.07, 6.45) is -53.1. The third kappa shape index (κ3) is 3.21. The van der Waals surface area contributed by atoms with Gasteiger partial charge in [-0.15, -0.1) is 4.94 Å². The topological polar surface area (TPSA) is 9.23 Å². The van der Waals surface area contributed by atoms with Crippen LogP contribution in [0.25, 0.3) is 0 Å². The maximum atomic E-state index is 14.3. The molecular weight excluding hydrogens is 504 g/mol. The standard InChI is InChI=1S/C9F20O/c10-2(9(27,28)30-29,3(11,7(21,22)23)8(24,25)26)1(4(12,13)14,5(15,16)17)6(18,19)20. The monoisotopic (exact) mass is 504 g/mol. The molecule has 0 aliphatic rings. The third-order valence-corrected chi connectivity index (χ3v) is 3.55. The van der Waals surface area contributed by atoms with Crippen molar-refractivity contribution in [3.63, 3.8) is 0 Å². The van der Waals surface area contributed by atoms with Crippen molar-refractivity contribution in [3.05, 3.63) is 0 Å². The highest BCUT2D eigenvalue weighted by Crippen LogP contribution is 2.75. The molecule has 182 valence electrons. The molecule has 0 aliphatic carbocycles. The Morgan fingerprint density at radius 1 is 0.333 bits per heavy atom. The first kappa shape index (κ1) is 28.6. The van der Waals surface area contributed by atoms with Gasteiger partial charge in [-0.05, 0) is 4.53 Å². The van der Waals surface area contributed by atoms with Crippen LogP contribution in [0.5, 0.6) is 0 Å². The third-order valence-electron chi connectivity index (χ3n) is 3.55. The van der Waals surface area contributed by atoms with Crippen molar-refractivity contribution >= 4 is 0 Å². The molecule has 0 amide bonds. The van der Waals surface area contributed by atoms with Crippen molar-refractivity contribution in [2.75, 3.05) is 0 Å². The molecule has 21 heteroatoms. The maximum Gasteiger partial charge on any atom is 0.435 e. The number of hydrogen-bond acceptors (Lipinski definition) is 1. The van der Waals surface area contributed by atoms with Gasteiger partial charge < -0.3 is 0 Å². The van der Waals surface area contributed by atoms with Gasteiger partial charge in [0.2, 0.25) is 0 Å². The minimum atomic E-state index is -9.69. The van der Waals surface area contributed by atoms with Gasteiger partial charge in [0.1, 0.15) is 0 Å². The van der Waals surface area contributed by atoms with Gasteiger partial charge in [0.05, 0.1) is 0 Å². The van der Waals surface area contributed by atoms with Gasteiger partial charge in [-0.2, -0.15) is 74.6 Å². The van der Waals surface area contributed by atoms with Crippen LogP contribution in [0.15, 0.2) is 0 Å². The lowest BCUT2D eigenvalue weighted by Crippen LogP contribution is -2.85. The Balaban J connectivity index is 8.47. The lowest BCUT2D eigenvalue weighted by atomic mass is 9.61. The molecule has 0 bridgehead atoms. The van der Waals surface area contributed by atoms with E-state index >= 15 is 0 Å². The van der Waals surface area contributed by atoms with Gasteiger partial charge in [0.15, 0.2) is 0 Å². The lowest BCUT2D eigenvalue weighted by molar-refractivity contribution is -0.552. The Labute approximate surface area is 148 Å². The van der Waals surface area contributed by atoms with Gasteiger partial charge in [-0.25, -0.2) is 8.78 Å². The summed E-state index contributed by atoms with van der Waals surface area (Å²) in [7, 11) is 0. The Morgan fingerprint density at radius 2 is 0.567 bits per heavy atom. The average molecular weight is 504 g/mol. The lowest BCUT2D eigenvalue weighted by Gasteiger charge is -2.53. The second-order valence-corrected chi connectivity index (χ2v) is 5.15. The summed E-state index contributed by atoms with van der Waals surface area (Å²) in [4.78, 5) is 0.582. The zero-order chi connectivity index (χ0) is 25.2. The van der Waals surface area contributed by atoms with E-state index in [1.54, 1.807) is 0 Å². The van der Waals surface area contributed by atoms with E-state index in [0.29, 0.717) is 4.94 Å². The van der Waals surface area contributed by atoms with Crippen molar-refractivity contribution < 1.29 is 92.9 Å². The van der Waals surface area contributed by atoms with Crippen LogP contribution in [0.1, 0.15) is 0 Å². The Hall–Kier alpha value is -1.44. The second kappa shape index (κ2) is 6.78. The molecule has 0 aromatic rings. The summed E-state index contributed by atoms with van der Waals surface area (Å²) in [6, 6.07) is 0. The Bertz CT molecular complexity index is 563. The molecule has 0 aromatic carbocycles. The molecule has 0 aromatic heterocycles. The fraction of sp³-hybridized carbons (Fsp3) is 1.00. The van der Waals surface area contributed by atoms with E-state index < -0.39 is 53.7 Å². The average Bonchev–Trinajstić information content (AvgIpc) is 2.38. The van der Waals surface area contributed by atoms with E-state index in [9.17, 15) is 87.9 Å². The zero-order valence-electron chi connectivity index (χ0n) is 12.5. The van der Waals surface area contributed by atoms with Crippen molar-refractivity contribution in [1.29, 1.82) is 0 Å². The van der Waals surface area contributed by atoms with Crippen LogP contribution >= 0.6 is 0 Å². The minimum absolute atomic E-state index is 0.582. The summed E-state index contributed by atoms with van der Waals surface area (Å²) in [6.45, 7) is 0. The normalized spacial score (nSPS) is 18.4. The number of alkyl halides is 19. The predicted octanol–water partition coefficient (Wildman–Crippen LogP) is 6.69. The smallest absolute Gasteiger partial charge is 0.228 e. The summed E-state index contributed by atoms with van der Waals surface area (Å²) in [5.41, 5.74) is -28.6. The van der Waals surface area contributed by atoms with Gasteiger partial charge >= 0.3 is 48.1 Å². The molecule has 0 heterocycles. The second-order valence-electron chi connectivity index (χ2n) is 5.15. The van der Waals surface area contributed by atoms with Crippen LogP contribution in [-0.2, 0) is 4.94 Å². The number of rotatable bonds is 4. The van der Waals surface area contributed by atoms with E-state index in [1.165, 1.54) is 0 Å². The molecule has 0 saturated carbocycles. The molecule has 0 radical (unpaired) electrons. The van der Waals surface area contributed by atoms with E-state index in [2.05, 4.69) is 0 Å². The fourth-order valence-electron chi connectivity index (χ4n) is 2.35. The maximum absolute atomic E-state index is 14.3. The molecule has 1 atom stereocenters. The molecular formula is C9F20O. The Morgan fingerprint density at radius 3 is 0.700 bits per heavy atom. The first-order valence-electron chi connectivity index (χ1n) is 5.95. The Kier molecular flexibility index (Phi) is 6.45. The first-order valence-corrected chi connectivity index (χ1v) is 5.95. The van der Waals surface area contributed by atoms with Crippen molar-refractivity contribution in [2.45, 2.75) is 48.3 Å². The summed E-state index contributed by atoms with van der Waals surface area (Å²) < 4.78 is 256. The first-order chi connectivity index (χ1) is 12.6. The molecule has 1 nitrogen and oxygen atoms in total. The summed E-state index contributed by atoms with van der Waals surface area (Å²) >= 11 is 0. The quantitative estimate of drug-likeness (QED) is 0.388. The van der Waals surface area contributed by atoms with E-state index in [-0.39, 0.29) is 0 Å². The van der Waals surface area contributed by atoms with Crippen molar-refractivity contribution in [1.82, 2.24) is 0 Å². The van der Waals surface area contributed by atoms with Crippen LogP contribution in [-0.4, -0.2) is 48.3 Å². The molecule has 0 N–H and O–H groups in total. The fourth-order valence-corrected chi connectivity index (χ4v) is 2.35. The molecule has 1 unspecified atom stereocenters. The van der Waals surface area contributed by atoms with Crippen LogP contribution in [0.2, 0.25) is 0 Å². The zero-order valence-corrected chi connectivity index (χ0v) is 12.5. The molecule has 0 spiro atoms. The van der Waals surface area contributed by atoms with Gasteiger partial charge in [0, 0.05) is 0 Å². The highest BCUT2D eigenvalue weighted by atomic mass is 19.4. The van der Waals surface area contributed by atoms with Crippen LogP contribution in [0.4, 0.5) is 87.9 Å². The number of halogens is 20. The highest BCUT2D eigenvalue weighted by molar-refractivity contribution is 5.27. The van der Waals surface area contributed by atoms with Gasteiger partial charge in [-0.1, -0.05) is 0 Å². The summed E-state index contributed by atoms with van der Waals surface area (Å²) in [5.74, 6) is 0. The largest absolute Gasteiger partial charge is 0.435 e. The summed E-state index contributed by atoms with van der Waals surface area (Å²) in [5, 5.41) is 0. The highest BCUT2D eigenvalue weighted by Gasteiger charge is 3.06. The van der Waals surface area contributed by atoms with E-state index in [0.717, 1.165) is 0 Å². The molecule has 0 rings (SSSR count). The van der Waals surface area contributed by atoms with Crippen LogP contribution < -0.4 is 0 Å². The molecule has 0 saturated heterocycles. The van der Waals surface area contributed by atoms with E-state index in [1.807, 2.05) is 0 Å². The van der Waals surface area contributed by atoms with Gasteiger partial charge in [0.25, 0.3) is 5.67 Å². The molecule has 0 fully saturated rings. The van der Waals surface area contributed by atoms with Crippen molar-refractivity contribution in [3.8, 4) is 0 Å². The SMILES string of the molecule is FOC(F)(F)C(F)(C(F)(C(F)(F)F)C(F)(F)F)C(C(F)(F)F)(C(F)(F)F)C(F)(F)F. The van der Waals surface area contributed by atoms with Crippen LogP contribution in [0.3, 0.4) is 0 Å². The minimum Gasteiger partial charge on any atom is -0.228 e. The predicted molar refractivity (Wildman–Crippen MR) is 47.5 cm³/mol. The van der Waals surface area contributed by atoms with Crippen molar-refractivity contribution in [2.24, 2.45) is 5.41 Å². The molecule has 30 heavy (non-hydrogen) atoms. The molecule has 0 aliphatic heterocycles. The van der Waals surface area contributed by atoms with Crippen LogP contribution in [0, 0.1) is 5.41 Å². The number of hydrogen-bond donors (Lipinski definition) is 0. The van der Waals surface area contributed by atoms with Gasteiger partial charge in [-0.3, -0.25) is 0 Å².